The molecule has 0 spiro atoms. The normalized spacial score (nSPS) is 8.70. The first-order chi connectivity index (χ1) is 4.20. The maximum absolute atomic E-state index is 4.22. The zero-order valence-electron chi connectivity index (χ0n) is 5.44. The van der Waals surface area contributed by atoms with E-state index in [1.54, 1.807) is 0 Å². The largest absolute Gasteiger partial charge is 0.143 e. The summed E-state index contributed by atoms with van der Waals surface area (Å²) in [6.45, 7) is 2.02. The number of rotatable bonds is 0. The molecule has 0 nitrogen and oxygen atoms in total. The average Bonchev–Trinajstić information content (AvgIpc) is 1.80. The Morgan fingerprint density at radius 1 is 1.20 bits per heavy atom. The molecule has 0 aliphatic rings. The van der Waals surface area contributed by atoms with Gasteiger partial charge in [0.2, 0.25) is 0 Å². The molecule has 0 fully saturated rings. The Hall–Kier alpha value is 0.414. The van der Waals surface area contributed by atoms with E-state index < -0.39 is 0 Å². The summed E-state index contributed by atoms with van der Waals surface area (Å²) in [4.78, 5) is 1.97. The molecule has 0 saturated heterocycles. The zero-order chi connectivity index (χ0) is 6.85. The van der Waals surface area contributed by atoms with Gasteiger partial charge in [-0.2, -0.15) is 0 Å². The van der Waals surface area contributed by atoms with Crippen molar-refractivity contribution in [2.24, 2.45) is 0 Å². The molecule has 0 radical (unpaired) electrons. The molecular weight excluding hydrogens is 207 g/mol. The zero-order valence-corrected chi connectivity index (χ0v) is 8.22. The molecule has 0 heterocycles. The van der Waals surface area contributed by atoms with Gasteiger partial charge in [0.05, 0.1) is 0 Å². The number of hydrogen-bond donors (Lipinski definition) is 2. The molecule has 10 heavy (non-hydrogen) atoms. The predicted molar refractivity (Wildman–Crippen MR) is 45.7 cm³/mol. The van der Waals surface area contributed by atoms with Gasteiger partial charge in [-0.15, -0.1) is 25.3 Å². The van der Waals surface area contributed by atoms with E-state index in [0.29, 0.717) is 0 Å². The summed E-state index contributed by atoms with van der Waals surface area (Å²) in [6.07, 6.45) is 0. The van der Waals surface area contributed by atoms with Crippen LogP contribution in [0.4, 0.5) is 0 Å². The number of benzene rings is 1. The standard InChI is InChI=1S/C7H8S2.Ni/c1-5-2-3-6(8)4-7(5)9;/h2-4,8-9H,1H3;. The van der Waals surface area contributed by atoms with E-state index in [1.165, 1.54) is 5.56 Å². The average molecular weight is 215 g/mol. The molecule has 0 aliphatic heterocycles. The summed E-state index contributed by atoms with van der Waals surface area (Å²) in [5.74, 6) is 0. The first-order valence-electron chi connectivity index (χ1n) is 2.69. The fourth-order valence-corrected chi connectivity index (χ4v) is 1.12. The Kier molecular flexibility index (Phi) is 4.50. The van der Waals surface area contributed by atoms with Crippen LogP contribution in [0.3, 0.4) is 0 Å². The van der Waals surface area contributed by atoms with Gasteiger partial charge < -0.3 is 0 Å². The van der Waals surface area contributed by atoms with Crippen LogP contribution >= 0.6 is 25.3 Å². The van der Waals surface area contributed by atoms with E-state index in [0.717, 1.165) is 9.79 Å². The van der Waals surface area contributed by atoms with Crippen LogP contribution in [0, 0.1) is 6.92 Å². The van der Waals surface area contributed by atoms with Crippen molar-refractivity contribution in [1.29, 1.82) is 0 Å². The summed E-state index contributed by atoms with van der Waals surface area (Å²) < 4.78 is 0. The molecular formula is C7H8NiS2. The Morgan fingerprint density at radius 2 is 1.80 bits per heavy atom. The van der Waals surface area contributed by atoms with Crippen LogP contribution < -0.4 is 0 Å². The molecule has 0 N–H and O–H groups in total. The third kappa shape index (κ3) is 2.57. The van der Waals surface area contributed by atoms with Crippen molar-refractivity contribution < 1.29 is 16.5 Å². The van der Waals surface area contributed by atoms with Crippen LogP contribution in [0.5, 0.6) is 0 Å². The molecule has 58 valence electrons. The third-order valence-corrected chi connectivity index (χ3v) is 1.95. The smallest absolute Gasteiger partial charge is 0.00802 e. The first-order valence-corrected chi connectivity index (χ1v) is 3.58. The van der Waals surface area contributed by atoms with Crippen LogP contribution in [0.1, 0.15) is 5.56 Å². The maximum atomic E-state index is 4.22. The number of aryl methyl sites for hydroxylation is 1. The van der Waals surface area contributed by atoms with Crippen molar-refractivity contribution in [3.63, 3.8) is 0 Å². The second-order valence-electron chi connectivity index (χ2n) is 1.97. The van der Waals surface area contributed by atoms with Crippen LogP contribution in [-0.4, -0.2) is 0 Å². The summed E-state index contributed by atoms with van der Waals surface area (Å²) in [5.41, 5.74) is 1.19. The molecule has 0 amide bonds. The van der Waals surface area contributed by atoms with Crippen LogP contribution in [0.25, 0.3) is 0 Å². The fourth-order valence-electron chi connectivity index (χ4n) is 0.598. The van der Waals surface area contributed by atoms with Crippen LogP contribution in [0.15, 0.2) is 28.0 Å². The molecule has 1 aromatic rings. The minimum absolute atomic E-state index is 0. The monoisotopic (exact) mass is 214 g/mol. The van der Waals surface area contributed by atoms with E-state index in [9.17, 15) is 0 Å². The second-order valence-corrected chi connectivity index (χ2v) is 2.97. The summed E-state index contributed by atoms with van der Waals surface area (Å²) in [6, 6.07) is 5.89. The third-order valence-electron chi connectivity index (χ3n) is 1.19. The van der Waals surface area contributed by atoms with E-state index in [-0.39, 0.29) is 16.5 Å². The fraction of sp³-hybridized carbons (Fsp3) is 0.143. The SMILES string of the molecule is Cc1ccc(S)cc1S.[Ni]. The van der Waals surface area contributed by atoms with Crippen molar-refractivity contribution in [1.82, 2.24) is 0 Å². The molecule has 1 aromatic carbocycles. The van der Waals surface area contributed by atoms with Gasteiger partial charge in [-0.1, -0.05) is 6.07 Å². The van der Waals surface area contributed by atoms with Gasteiger partial charge in [-0.25, -0.2) is 0 Å². The van der Waals surface area contributed by atoms with Gasteiger partial charge in [0.1, 0.15) is 0 Å². The molecule has 0 unspecified atom stereocenters. The topological polar surface area (TPSA) is 0 Å². The van der Waals surface area contributed by atoms with Gasteiger partial charge >= 0.3 is 0 Å². The molecule has 3 heteroatoms. The van der Waals surface area contributed by atoms with Crippen LogP contribution in [-0.2, 0) is 16.5 Å². The number of hydrogen-bond acceptors (Lipinski definition) is 2. The van der Waals surface area contributed by atoms with Crippen molar-refractivity contribution >= 4 is 25.3 Å². The molecule has 0 atom stereocenters. The second kappa shape index (κ2) is 4.32. The molecule has 0 aliphatic carbocycles. The molecule has 0 bridgehead atoms. The molecule has 1 rings (SSSR count). The van der Waals surface area contributed by atoms with E-state index in [4.69, 9.17) is 0 Å². The Balaban J connectivity index is 0.000000810. The van der Waals surface area contributed by atoms with E-state index in [1.807, 2.05) is 25.1 Å². The quantitative estimate of drug-likeness (QED) is 0.482. The van der Waals surface area contributed by atoms with Crippen molar-refractivity contribution in [2.75, 3.05) is 0 Å². The Bertz CT molecular complexity index is 223. The van der Waals surface area contributed by atoms with Crippen molar-refractivity contribution in [3.05, 3.63) is 23.8 Å². The van der Waals surface area contributed by atoms with Crippen molar-refractivity contribution in [2.45, 2.75) is 16.7 Å². The van der Waals surface area contributed by atoms with Crippen molar-refractivity contribution in [3.8, 4) is 0 Å². The van der Waals surface area contributed by atoms with E-state index in [2.05, 4.69) is 25.3 Å². The number of thiol groups is 2. The minimum atomic E-state index is 0. The Labute approximate surface area is 82.2 Å². The summed E-state index contributed by atoms with van der Waals surface area (Å²) >= 11 is 8.37. The van der Waals surface area contributed by atoms with Crippen LogP contribution in [0.2, 0.25) is 0 Å². The van der Waals surface area contributed by atoms with Gasteiger partial charge in [-0.3, -0.25) is 0 Å². The van der Waals surface area contributed by atoms with Gasteiger partial charge in [-0.05, 0) is 24.6 Å². The minimum Gasteiger partial charge on any atom is -0.143 e. The summed E-state index contributed by atoms with van der Waals surface area (Å²) in [5, 5.41) is 0. The molecule has 0 aromatic heterocycles. The first kappa shape index (κ1) is 10.4. The van der Waals surface area contributed by atoms with E-state index >= 15 is 0 Å². The van der Waals surface area contributed by atoms with Gasteiger partial charge in [0.15, 0.2) is 0 Å². The predicted octanol–water partition coefficient (Wildman–Crippen LogP) is 2.57. The van der Waals surface area contributed by atoms with Gasteiger partial charge in [0, 0.05) is 26.3 Å². The summed E-state index contributed by atoms with van der Waals surface area (Å²) in [7, 11) is 0. The van der Waals surface area contributed by atoms with Gasteiger partial charge in [0.25, 0.3) is 0 Å². The maximum Gasteiger partial charge on any atom is 0.00802 e. The molecule has 0 saturated carbocycles. The Morgan fingerprint density at radius 3 is 2.20 bits per heavy atom.